The molecule has 0 saturated carbocycles. The summed E-state index contributed by atoms with van der Waals surface area (Å²) in [5.41, 5.74) is 0.923. The van der Waals surface area contributed by atoms with Gasteiger partial charge in [0.25, 0.3) is 11.6 Å². The van der Waals surface area contributed by atoms with Gasteiger partial charge in [0.05, 0.1) is 12.6 Å². The lowest BCUT2D eigenvalue weighted by Crippen LogP contribution is -2.37. The third-order valence-electron chi connectivity index (χ3n) is 4.86. The summed E-state index contributed by atoms with van der Waals surface area (Å²) in [6.07, 6.45) is -0.121. The lowest BCUT2D eigenvalue weighted by molar-refractivity contribution is 0.214. The Morgan fingerprint density at radius 2 is 1.71 bits per heavy atom. The second-order valence-electron chi connectivity index (χ2n) is 7.16. The lowest BCUT2D eigenvalue weighted by Gasteiger charge is -2.13. The van der Waals surface area contributed by atoms with Crippen molar-refractivity contribution < 1.29 is 4.74 Å². The molecule has 0 aliphatic rings. The van der Waals surface area contributed by atoms with Gasteiger partial charge in [-0.25, -0.2) is 4.79 Å². The highest BCUT2D eigenvalue weighted by Crippen LogP contribution is 2.24. The second-order valence-corrected chi connectivity index (χ2v) is 7.16. The maximum Gasteiger partial charge on any atom is 0.332 e. The molecule has 0 aliphatic heterocycles. The van der Waals surface area contributed by atoms with E-state index in [0.717, 1.165) is 20.9 Å². The molecule has 0 aliphatic carbocycles. The smallest absolute Gasteiger partial charge is 0.332 e. The van der Waals surface area contributed by atoms with Crippen LogP contribution < -0.4 is 16.0 Å². The van der Waals surface area contributed by atoms with Gasteiger partial charge in [0, 0.05) is 14.1 Å². The minimum Gasteiger partial charge on any atom is -0.462 e. The van der Waals surface area contributed by atoms with Gasteiger partial charge in [0.1, 0.15) is 0 Å². The van der Waals surface area contributed by atoms with Crippen LogP contribution >= 0.6 is 0 Å². The van der Waals surface area contributed by atoms with E-state index in [4.69, 9.17) is 4.74 Å². The molecular formula is C21H22N4O3. The van der Waals surface area contributed by atoms with E-state index in [0.29, 0.717) is 23.7 Å². The van der Waals surface area contributed by atoms with Gasteiger partial charge in [-0.15, -0.1) is 0 Å². The fourth-order valence-corrected chi connectivity index (χ4v) is 3.47. The van der Waals surface area contributed by atoms with Crippen LogP contribution in [-0.4, -0.2) is 24.8 Å². The molecule has 4 rings (SSSR count). The Labute approximate surface area is 161 Å². The standard InChI is InChI=1S/C21H22N4O3/c1-13(2)28-20-22-18-17(19(26)24(4)21(27)23(18)3)25(20)12-15-10-7-9-14-8-5-6-11-16(14)15/h5-11,13H,12H2,1-4H3. The largest absolute Gasteiger partial charge is 0.462 e. The highest BCUT2D eigenvalue weighted by molar-refractivity contribution is 5.86. The van der Waals surface area contributed by atoms with Crippen molar-refractivity contribution in [3.8, 4) is 6.01 Å². The molecule has 7 nitrogen and oxygen atoms in total. The summed E-state index contributed by atoms with van der Waals surface area (Å²) in [5.74, 6) is 0. The van der Waals surface area contributed by atoms with Crippen LogP contribution in [0, 0.1) is 0 Å². The molecule has 0 unspecified atom stereocenters. The number of hydrogen-bond acceptors (Lipinski definition) is 4. The number of rotatable bonds is 4. The normalized spacial score (nSPS) is 11.6. The fourth-order valence-electron chi connectivity index (χ4n) is 3.47. The van der Waals surface area contributed by atoms with Crippen molar-refractivity contribution >= 4 is 21.9 Å². The summed E-state index contributed by atoms with van der Waals surface area (Å²) in [6.45, 7) is 4.21. The Bertz CT molecular complexity index is 1310. The monoisotopic (exact) mass is 378 g/mol. The van der Waals surface area contributed by atoms with Gasteiger partial charge in [-0.05, 0) is 30.2 Å². The van der Waals surface area contributed by atoms with Gasteiger partial charge >= 0.3 is 5.69 Å². The molecule has 4 aromatic rings. The first kappa shape index (κ1) is 18.0. The maximum absolute atomic E-state index is 12.9. The molecule has 0 fully saturated rings. The van der Waals surface area contributed by atoms with E-state index in [-0.39, 0.29) is 11.7 Å². The topological polar surface area (TPSA) is 71.1 Å². The molecular weight excluding hydrogens is 356 g/mol. The molecule has 0 amide bonds. The molecule has 7 heteroatoms. The number of hydrogen-bond donors (Lipinski definition) is 0. The molecule has 144 valence electrons. The van der Waals surface area contributed by atoms with Crippen LogP contribution in [-0.2, 0) is 20.6 Å². The van der Waals surface area contributed by atoms with Gasteiger partial charge in [-0.1, -0.05) is 42.5 Å². The van der Waals surface area contributed by atoms with Crippen LogP contribution in [0.15, 0.2) is 52.1 Å². The zero-order chi connectivity index (χ0) is 20.0. The summed E-state index contributed by atoms with van der Waals surface area (Å²) in [6, 6.07) is 14.5. The van der Waals surface area contributed by atoms with Gasteiger partial charge in [0.2, 0.25) is 0 Å². The predicted octanol–water partition coefficient (Wildman–Crippen LogP) is 2.42. The van der Waals surface area contributed by atoms with E-state index in [1.807, 2.05) is 38.1 Å². The van der Waals surface area contributed by atoms with E-state index < -0.39 is 5.69 Å². The van der Waals surface area contributed by atoms with Crippen LogP contribution in [0.4, 0.5) is 0 Å². The van der Waals surface area contributed by atoms with Crippen LogP contribution in [0.25, 0.3) is 21.9 Å². The number of ether oxygens (including phenoxy) is 1. The Morgan fingerprint density at radius 3 is 2.46 bits per heavy atom. The van der Waals surface area contributed by atoms with Crippen LogP contribution in [0.5, 0.6) is 6.01 Å². The van der Waals surface area contributed by atoms with Gasteiger partial charge in [-0.3, -0.25) is 18.5 Å². The fraction of sp³-hybridized carbons (Fsp3) is 0.286. The number of aromatic nitrogens is 4. The Kier molecular flexibility index (Phi) is 4.30. The minimum atomic E-state index is -0.414. The first-order chi connectivity index (χ1) is 13.4. The number of imidazole rings is 1. The van der Waals surface area contributed by atoms with Crippen molar-refractivity contribution in [2.45, 2.75) is 26.5 Å². The van der Waals surface area contributed by atoms with Gasteiger partial charge in [-0.2, -0.15) is 4.98 Å². The Morgan fingerprint density at radius 1 is 1.00 bits per heavy atom. The predicted molar refractivity (Wildman–Crippen MR) is 109 cm³/mol. The lowest BCUT2D eigenvalue weighted by atomic mass is 10.0. The zero-order valence-electron chi connectivity index (χ0n) is 16.3. The van der Waals surface area contributed by atoms with Crippen molar-refractivity contribution in [2.24, 2.45) is 14.1 Å². The van der Waals surface area contributed by atoms with Crippen molar-refractivity contribution in [3.05, 3.63) is 68.9 Å². The Hall–Kier alpha value is -3.35. The number of fused-ring (bicyclic) bond motifs is 2. The molecule has 0 atom stereocenters. The third-order valence-corrected chi connectivity index (χ3v) is 4.86. The van der Waals surface area contributed by atoms with Crippen LogP contribution in [0.3, 0.4) is 0 Å². The van der Waals surface area contributed by atoms with E-state index >= 15 is 0 Å². The van der Waals surface area contributed by atoms with E-state index in [1.54, 1.807) is 11.6 Å². The highest BCUT2D eigenvalue weighted by Gasteiger charge is 2.21. The third kappa shape index (κ3) is 2.79. The Balaban J connectivity index is 2.01. The molecule has 0 radical (unpaired) electrons. The van der Waals surface area contributed by atoms with E-state index in [2.05, 4.69) is 23.2 Å². The number of aryl methyl sites for hydroxylation is 1. The summed E-state index contributed by atoms with van der Waals surface area (Å²) in [5, 5.41) is 2.22. The molecule has 2 heterocycles. The van der Waals surface area contributed by atoms with Crippen molar-refractivity contribution in [2.75, 3.05) is 0 Å². The maximum atomic E-state index is 12.9. The first-order valence-corrected chi connectivity index (χ1v) is 9.18. The molecule has 28 heavy (non-hydrogen) atoms. The van der Waals surface area contributed by atoms with Crippen LogP contribution in [0.2, 0.25) is 0 Å². The molecule has 0 saturated heterocycles. The summed E-state index contributed by atoms with van der Waals surface area (Å²) in [4.78, 5) is 29.7. The average molecular weight is 378 g/mol. The zero-order valence-corrected chi connectivity index (χ0v) is 16.3. The van der Waals surface area contributed by atoms with E-state index in [9.17, 15) is 9.59 Å². The van der Waals surface area contributed by atoms with E-state index in [1.165, 1.54) is 11.6 Å². The summed E-state index contributed by atoms with van der Waals surface area (Å²) < 4.78 is 10.1. The van der Waals surface area contributed by atoms with Crippen molar-refractivity contribution in [1.82, 2.24) is 18.7 Å². The van der Waals surface area contributed by atoms with Crippen molar-refractivity contribution in [1.29, 1.82) is 0 Å². The van der Waals surface area contributed by atoms with Gasteiger partial charge in [0.15, 0.2) is 11.2 Å². The second kappa shape index (κ2) is 6.67. The SMILES string of the molecule is CC(C)Oc1nc2c(c(=O)n(C)c(=O)n2C)n1Cc1cccc2ccccc12. The molecule has 2 aromatic carbocycles. The summed E-state index contributed by atoms with van der Waals surface area (Å²) in [7, 11) is 3.08. The molecule has 0 N–H and O–H groups in total. The quantitative estimate of drug-likeness (QED) is 0.547. The van der Waals surface area contributed by atoms with Gasteiger partial charge < -0.3 is 4.74 Å². The molecule has 0 spiro atoms. The number of nitrogens with zero attached hydrogens (tertiary/aromatic N) is 4. The minimum absolute atomic E-state index is 0.121. The number of benzene rings is 2. The average Bonchev–Trinajstić information content (AvgIpc) is 3.02. The highest BCUT2D eigenvalue weighted by atomic mass is 16.5. The molecule has 0 bridgehead atoms. The van der Waals surface area contributed by atoms with Crippen LogP contribution in [0.1, 0.15) is 19.4 Å². The first-order valence-electron chi connectivity index (χ1n) is 9.18. The molecule has 2 aromatic heterocycles. The summed E-state index contributed by atoms with van der Waals surface area (Å²) >= 11 is 0. The van der Waals surface area contributed by atoms with Crippen molar-refractivity contribution in [3.63, 3.8) is 0 Å².